The van der Waals surface area contributed by atoms with Gasteiger partial charge >= 0.3 is 0 Å². The quantitative estimate of drug-likeness (QED) is 0.867. The number of aromatic nitrogens is 2. The monoisotopic (exact) mass is 326 g/mol. The van der Waals surface area contributed by atoms with E-state index in [4.69, 9.17) is 0 Å². The molecule has 5 nitrogen and oxygen atoms in total. The van der Waals surface area contributed by atoms with Gasteiger partial charge in [0.15, 0.2) is 0 Å². The summed E-state index contributed by atoms with van der Waals surface area (Å²) in [6.45, 7) is 11.1. The van der Waals surface area contributed by atoms with Crippen LogP contribution in [0.2, 0.25) is 0 Å². The van der Waals surface area contributed by atoms with Crippen LogP contribution in [0.3, 0.4) is 0 Å². The van der Waals surface area contributed by atoms with Crippen molar-refractivity contribution >= 4 is 5.91 Å². The zero-order valence-electron chi connectivity index (χ0n) is 14.8. The van der Waals surface area contributed by atoms with Gasteiger partial charge in [0, 0.05) is 39.3 Å². The van der Waals surface area contributed by atoms with E-state index in [1.54, 1.807) is 4.68 Å². The second-order valence-corrected chi connectivity index (χ2v) is 6.54. The summed E-state index contributed by atoms with van der Waals surface area (Å²) in [5.41, 5.74) is 4.23. The van der Waals surface area contributed by atoms with E-state index in [9.17, 15) is 4.79 Å². The molecule has 1 aromatic heterocycles. The Morgan fingerprint density at radius 3 is 2.38 bits per heavy atom. The smallest absolute Gasteiger partial charge is 0.272 e. The van der Waals surface area contributed by atoms with Crippen LogP contribution in [0.4, 0.5) is 0 Å². The van der Waals surface area contributed by atoms with Gasteiger partial charge in [0.05, 0.1) is 5.69 Å². The van der Waals surface area contributed by atoms with Gasteiger partial charge in [-0.15, -0.1) is 0 Å². The number of hydrogen-bond donors (Lipinski definition) is 0. The van der Waals surface area contributed by atoms with Gasteiger partial charge in [-0.3, -0.25) is 14.4 Å². The highest BCUT2D eigenvalue weighted by Gasteiger charge is 2.24. The first-order valence-electron chi connectivity index (χ1n) is 8.68. The van der Waals surface area contributed by atoms with E-state index in [2.05, 4.69) is 41.2 Å². The second kappa shape index (κ2) is 7.18. The lowest BCUT2D eigenvalue weighted by Crippen LogP contribution is -2.48. The average Bonchev–Trinajstić information content (AvgIpc) is 2.98. The van der Waals surface area contributed by atoms with Crippen molar-refractivity contribution in [1.29, 1.82) is 0 Å². The Hall–Kier alpha value is -2.14. The predicted octanol–water partition coefficient (Wildman–Crippen LogP) is 2.48. The molecule has 0 radical (unpaired) electrons. The van der Waals surface area contributed by atoms with Gasteiger partial charge in [-0.1, -0.05) is 29.8 Å². The maximum Gasteiger partial charge on any atom is 0.272 e. The molecule has 2 heterocycles. The molecular formula is C19H26N4O. The number of hydrogen-bond acceptors (Lipinski definition) is 3. The highest BCUT2D eigenvalue weighted by atomic mass is 16.2. The fourth-order valence-corrected chi connectivity index (χ4v) is 3.18. The summed E-state index contributed by atoms with van der Waals surface area (Å²) in [6.07, 6.45) is 0. The lowest BCUT2D eigenvalue weighted by atomic mass is 10.1. The molecule has 0 saturated carbocycles. The van der Waals surface area contributed by atoms with Crippen molar-refractivity contribution in [2.24, 2.45) is 0 Å². The first kappa shape index (κ1) is 16.7. The van der Waals surface area contributed by atoms with Gasteiger partial charge in [-0.05, 0) is 32.4 Å². The van der Waals surface area contributed by atoms with Gasteiger partial charge in [-0.2, -0.15) is 5.10 Å². The van der Waals surface area contributed by atoms with Crippen LogP contribution in [0.15, 0.2) is 30.3 Å². The minimum absolute atomic E-state index is 0.104. The number of aryl methyl sites for hydroxylation is 3. The summed E-state index contributed by atoms with van der Waals surface area (Å²) in [6, 6.07) is 10.6. The Labute approximate surface area is 143 Å². The molecule has 5 heteroatoms. The number of piperazine rings is 1. The van der Waals surface area contributed by atoms with Gasteiger partial charge in [0.2, 0.25) is 0 Å². The average molecular weight is 326 g/mol. The van der Waals surface area contributed by atoms with Crippen LogP contribution in [0.5, 0.6) is 0 Å². The van der Waals surface area contributed by atoms with E-state index in [0.29, 0.717) is 5.69 Å². The second-order valence-electron chi connectivity index (χ2n) is 6.54. The van der Waals surface area contributed by atoms with E-state index < -0.39 is 0 Å². The van der Waals surface area contributed by atoms with Crippen molar-refractivity contribution in [3.8, 4) is 0 Å². The van der Waals surface area contributed by atoms with Crippen LogP contribution in [0, 0.1) is 13.8 Å². The van der Waals surface area contributed by atoms with Gasteiger partial charge in [-0.25, -0.2) is 0 Å². The van der Waals surface area contributed by atoms with Crippen LogP contribution < -0.4 is 0 Å². The van der Waals surface area contributed by atoms with Crippen molar-refractivity contribution < 1.29 is 4.79 Å². The zero-order chi connectivity index (χ0) is 17.1. The predicted molar refractivity (Wildman–Crippen MR) is 95.0 cm³/mol. The summed E-state index contributed by atoms with van der Waals surface area (Å²) in [5.74, 6) is 0.104. The van der Waals surface area contributed by atoms with Crippen LogP contribution in [-0.4, -0.2) is 51.7 Å². The molecule has 2 aromatic rings. The van der Waals surface area contributed by atoms with Crippen LogP contribution in [0.25, 0.3) is 0 Å². The van der Waals surface area contributed by atoms with Crippen LogP contribution >= 0.6 is 0 Å². The number of carbonyl (C=O) groups is 1. The lowest BCUT2D eigenvalue weighted by molar-refractivity contribution is 0.0616. The molecule has 1 saturated heterocycles. The molecule has 0 bridgehead atoms. The van der Waals surface area contributed by atoms with E-state index in [0.717, 1.165) is 45.0 Å². The Bertz CT molecular complexity index is 697. The minimum atomic E-state index is 0.104. The third-order valence-electron chi connectivity index (χ3n) is 4.61. The molecular weight excluding hydrogens is 300 g/mol. The van der Waals surface area contributed by atoms with E-state index in [1.807, 2.05) is 24.8 Å². The third kappa shape index (κ3) is 3.67. The van der Waals surface area contributed by atoms with Crippen molar-refractivity contribution in [1.82, 2.24) is 19.6 Å². The van der Waals surface area contributed by atoms with Crippen LogP contribution in [0.1, 0.15) is 34.2 Å². The molecule has 1 aromatic carbocycles. The van der Waals surface area contributed by atoms with E-state index in [1.165, 1.54) is 11.1 Å². The fraction of sp³-hybridized carbons (Fsp3) is 0.474. The molecule has 1 amide bonds. The molecule has 0 aliphatic carbocycles. The fourth-order valence-electron chi connectivity index (χ4n) is 3.18. The highest BCUT2D eigenvalue weighted by Crippen LogP contribution is 2.13. The number of amides is 1. The zero-order valence-corrected chi connectivity index (χ0v) is 14.8. The van der Waals surface area contributed by atoms with Gasteiger partial charge in [0.1, 0.15) is 5.69 Å². The number of nitrogens with zero attached hydrogens (tertiary/aromatic N) is 4. The first-order chi connectivity index (χ1) is 11.6. The van der Waals surface area contributed by atoms with Crippen LogP contribution in [-0.2, 0) is 13.1 Å². The summed E-state index contributed by atoms with van der Waals surface area (Å²) in [4.78, 5) is 17.1. The highest BCUT2D eigenvalue weighted by molar-refractivity contribution is 5.92. The standard InChI is InChI=1S/C19H26N4O/c1-4-23-18(13-16(3)20-23)19(24)22-11-9-21(10-12-22)14-17-7-5-15(2)6-8-17/h5-8,13H,4,9-12,14H2,1-3H3. The summed E-state index contributed by atoms with van der Waals surface area (Å²) >= 11 is 0. The Balaban J connectivity index is 1.58. The molecule has 0 N–H and O–H groups in total. The molecule has 1 aliphatic heterocycles. The number of carbonyl (C=O) groups excluding carboxylic acids is 1. The first-order valence-corrected chi connectivity index (χ1v) is 8.68. The molecule has 0 atom stereocenters. The Morgan fingerprint density at radius 2 is 1.75 bits per heavy atom. The summed E-state index contributed by atoms with van der Waals surface area (Å²) in [7, 11) is 0. The van der Waals surface area contributed by atoms with Gasteiger partial charge < -0.3 is 4.90 Å². The van der Waals surface area contributed by atoms with Crippen molar-refractivity contribution in [2.45, 2.75) is 33.9 Å². The molecule has 128 valence electrons. The van der Waals surface area contributed by atoms with Crippen molar-refractivity contribution in [3.63, 3.8) is 0 Å². The number of benzene rings is 1. The third-order valence-corrected chi connectivity index (χ3v) is 4.61. The summed E-state index contributed by atoms with van der Waals surface area (Å²) in [5, 5.41) is 4.38. The lowest BCUT2D eigenvalue weighted by Gasteiger charge is -2.34. The van der Waals surface area contributed by atoms with E-state index >= 15 is 0 Å². The van der Waals surface area contributed by atoms with Crippen molar-refractivity contribution in [3.05, 3.63) is 52.8 Å². The maximum absolute atomic E-state index is 12.7. The van der Waals surface area contributed by atoms with Gasteiger partial charge in [0.25, 0.3) is 5.91 Å². The van der Waals surface area contributed by atoms with E-state index in [-0.39, 0.29) is 5.91 Å². The normalized spacial score (nSPS) is 15.7. The Kier molecular flexibility index (Phi) is 5.00. The molecule has 1 fully saturated rings. The molecule has 3 rings (SSSR count). The maximum atomic E-state index is 12.7. The molecule has 1 aliphatic rings. The van der Waals surface area contributed by atoms with Crippen molar-refractivity contribution in [2.75, 3.05) is 26.2 Å². The number of rotatable bonds is 4. The SMILES string of the molecule is CCn1nc(C)cc1C(=O)N1CCN(Cc2ccc(C)cc2)CC1. The molecule has 24 heavy (non-hydrogen) atoms. The molecule has 0 spiro atoms. The minimum Gasteiger partial charge on any atom is -0.335 e. The summed E-state index contributed by atoms with van der Waals surface area (Å²) < 4.78 is 1.80. The Morgan fingerprint density at radius 1 is 1.08 bits per heavy atom. The topological polar surface area (TPSA) is 41.4 Å². The molecule has 0 unspecified atom stereocenters. The largest absolute Gasteiger partial charge is 0.335 e.